The molecule has 0 N–H and O–H groups in total. The van der Waals surface area contributed by atoms with Crippen molar-refractivity contribution in [3.8, 4) is 0 Å². The molecule has 0 aromatic heterocycles. The van der Waals surface area contributed by atoms with Gasteiger partial charge in [0.15, 0.2) is 0 Å². The summed E-state index contributed by atoms with van der Waals surface area (Å²) >= 11 is 0. The fourth-order valence-corrected chi connectivity index (χ4v) is 2.70. The van der Waals surface area contributed by atoms with Crippen molar-refractivity contribution in [1.82, 2.24) is 0 Å². The van der Waals surface area contributed by atoms with Crippen molar-refractivity contribution in [2.24, 2.45) is 0 Å². The summed E-state index contributed by atoms with van der Waals surface area (Å²) in [7, 11) is -0.284. The molecule has 1 aromatic carbocycles. The maximum absolute atomic E-state index is 6.11. The summed E-state index contributed by atoms with van der Waals surface area (Å²) < 4.78 is 17.9. The minimum absolute atomic E-state index is 0.284. The van der Waals surface area contributed by atoms with Crippen LogP contribution in [0.1, 0.15) is 45.2 Å². The van der Waals surface area contributed by atoms with E-state index in [0.717, 1.165) is 24.9 Å². The molecule has 1 fully saturated rings. The molecule has 0 atom stereocenters. The second-order valence-corrected chi connectivity index (χ2v) is 6.77. The van der Waals surface area contributed by atoms with Crippen LogP contribution in [0.2, 0.25) is 0 Å². The predicted octanol–water partition coefficient (Wildman–Crippen LogP) is 2.45. The van der Waals surface area contributed by atoms with Gasteiger partial charge in [0.1, 0.15) is 0 Å². The average Bonchev–Trinajstić information content (AvgIpc) is 2.56. The first-order valence-electron chi connectivity index (χ1n) is 7.44. The number of hydrogen-bond acceptors (Lipinski definition) is 3. The van der Waals surface area contributed by atoms with Gasteiger partial charge in [-0.15, -0.1) is 0 Å². The minimum atomic E-state index is -0.291. The van der Waals surface area contributed by atoms with Gasteiger partial charge in [0.2, 0.25) is 0 Å². The molecule has 0 amide bonds. The lowest BCUT2D eigenvalue weighted by atomic mass is 9.77. The van der Waals surface area contributed by atoms with Gasteiger partial charge in [-0.3, -0.25) is 0 Å². The van der Waals surface area contributed by atoms with Gasteiger partial charge in [-0.25, -0.2) is 0 Å². The summed E-state index contributed by atoms with van der Waals surface area (Å²) in [4.78, 5) is 0. The van der Waals surface area contributed by atoms with E-state index in [1.165, 1.54) is 11.1 Å². The second kappa shape index (κ2) is 4.87. The molecule has 0 bridgehead atoms. The smallest absolute Gasteiger partial charge is 0.399 e. The molecule has 0 radical (unpaired) electrons. The van der Waals surface area contributed by atoms with E-state index < -0.39 is 0 Å². The summed E-state index contributed by atoms with van der Waals surface area (Å²) in [6.45, 7) is 9.88. The molecular formula is C16H23BO3. The van der Waals surface area contributed by atoms with Crippen molar-refractivity contribution in [2.45, 2.75) is 58.3 Å². The van der Waals surface area contributed by atoms with Crippen LogP contribution in [0.5, 0.6) is 0 Å². The van der Waals surface area contributed by atoms with Crippen LogP contribution >= 0.6 is 0 Å². The highest BCUT2D eigenvalue weighted by molar-refractivity contribution is 6.62. The Balaban J connectivity index is 1.87. The lowest BCUT2D eigenvalue weighted by molar-refractivity contribution is 0.00578. The number of fused-ring (bicyclic) bond motifs is 1. The van der Waals surface area contributed by atoms with Crippen molar-refractivity contribution in [2.75, 3.05) is 6.61 Å². The molecule has 2 heterocycles. The van der Waals surface area contributed by atoms with Crippen LogP contribution in [-0.4, -0.2) is 24.9 Å². The van der Waals surface area contributed by atoms with Crippen molar-refractivity contribution in [1.29, 1.82) is 0 Å². The Bertz CT molecular complexity index is 494. The molecule has 2 aliphatic heterocycles. The van der Waals surface area contributed by atoms with E-state index in [1.807, 2.05) is 0 Å². The van der Waals surface area contributed by atoms with Gasteiger partial charge < -0.3 is 14.0 Å². The predicted molar refractivity (Wildman–Crippen MR) is 80.1 cm³/mol. The number of hydrogen-bond donors (Lipinski definition) is 0. The van der Waals surface area contributed by atoms with Crippen LogP contribution < -0.4 is 5.46 Å². The Morgan fingerprint density at radius 1 is 1.00 bits per heavy atom. The second-order valence-electron chi connectivity index (χ2n) is 6.77. The maximum Gasteiger partial charge on any atom is 0.494 e. The standard InChI is InChI=1S/C16H23BO3/c1-15(2)16(3,4)20-17(19-15)14-8-7-12-6-5-9-18-11-13(12)10-14/h7-8,10H,5-6,9,11H2,1-4H3. The Kier molecular flexibility index (Phi) is 3.43. The fraction of sp³-hybridized carbons (Fsp3) is 0.625. The molecule has 4 heteroatoms. The third kappa shape index (κ3) is 2.41. The highest BCUT2D eigenvalue weighted by Gasteiger charge is 2.51. The van der Waals surface area contributed by atoms with Gasteiger partial charge in [-0.2, -0.15) is 0 Å². The first-order valence-corrected chi connectivity index (χ1v) is 7.44. The molecular weight excluding hydrogens is 251 g/mol. The summed E-state index contributed by atoms with van der Waals surface area (Å²) in [5, 5.41) is 0. The van der Waals surface area contributed by atoms with Crippen LogP contribution in [0.3, 0.4) is 0 Å². The maximum atomic E-state index is 6.11. The summed E-state index contributed by atoms with van der Waals surface area (Å²) in [5.41, 5.74) is 3.17. The van der Waals surface area contributed by atoms with Crippen LogP contribution in [-0.2, 0) is 27.1 Å². The van der Waals surface area contributed by atoms with Crippen LogP contribution in [0.4, 0.5) is 0 Å². The molecule has 0 saturated carbocycles. The molecule has 20 heavy (non-hydrogen) atoms. The van der Waals surface area contributed by atoms with Crippen LogP contribution in [0.15, 0.2) is 18.2 Å². The SMILES string of the molecule is CC1(C)OB(c2ccc3c(c2)COCCC3)OC1(C)C. The molecule has 0 unspecified atom stereocenters. The van der Waals surface area contributed by atoms with Crippen LogP contribution in [0.25, 0.3) is 0 Å². The summed E-state index contributed by atoms with van der Waals surface area (Å²) in [6.07, 6.45) is 2.20. The monoisotopic (exact) mass is 274 g/mol. The molecule has 0 aliphatic carbocycles. The first-order chi connectivity index (χ1) is 9.39. The Hall–Kier alpha value is -0.835. The Morgan fingerprint density at radius 3 is 2.40 bits per heavy atom. The third-order valence-corrected chi connectivity index (χ3v) is 4.75. The third-order valence-electron chi connectivity index (χ3n) is 4.75. The van der Waals surface area contributed by atoms with Gasteiger partial charge in [-0.1, -0.05) is 18.2 Å². The normalized spacial score (nSPS) is 24.3. The van der Waals surface area contributed by atoms with E-state index in [2.05, 4.69) is 45.9 Å². The Morgan fingerprint density at radius 2 is 1.70 bits per heavy atom. The molecule has 1 aromatic rings. The zero-order valence-electron chi connectivity index (χ0n) is 12.9. The molecule has 3 rings (SSSR count). The largest absolute Gasteiger partial charge is 0.494 e. The van der Waals surface area contributed by atoms with Gasteiger partial charge >= 0.3 is 7.12 Å². The average molecular weight is 274 g/mol. The van der Waals surface area contributed by atoms with Gasteiger partial charge in [0.05, 0.1) is 17.8 Å². The topological polar surface area (TPSA) is 27.7 Å². The van der Waals surface area contributed by atoms with Crippen molar-refractivity contribution < 1.29 is 14.0 Å². The van der Waals surface area contributed by atoms with E-state index in [-0.39, 0.29) is 18.3 Å². The summed E-state index contributed by atoms with van der Waals surface area (Å²) in [6, 6.07) is 6.51. The number of benzene rings is 1. The molecule has 2 aliphatic rings. The van der Waals surface area contributed by atoms with E-state index >= 15 is 0 Å². The van der Waals surface area contributed by atoms with E-state index in [4.69, 9.17) is 14.0 Å². The number of aryl methyl sites for hydroxylation is 1. The van der Waals surface area contributed by atoms with E-state index in [9.17, 15) is 0 Å². The summed E-state index contributed by atoms with van der Waals surface area (Å²) in [5.74, 6) is 0. The van der Waals surface area contributed by atoms with Gasteiger partial charge in [0, 0.05) is 6.61 Å². The van der Waals surface area contributed by atoms with Crippen molar-refractivity contribution in [3.05, 3.63) is 29.3 Å². The van der Waals surface area contributed by atoms with Gasteiger partial charge in [0.25, 0.3) is 0 Å². The lowest BCUT2D eigenvalue weighted by Gasteiger charge is -2.32. The van der Waals surface area contributed by atoms with E-state index in [1.54, 1.807) is 0 Å². The number of rotatable bonds is 1. The highest BCUT2D eigenvalue weighted by Crippen LogP contribution is 2.36. The quantitative estimate of drug-likeness (QED) is 0.736. The van der Waals surface area contributed by atoms with E-state index in [0.29, 0.717) is 6.61 Å². The Labute approximate surface area is 121 Å². The fourth-order valence-electron chi connectivity index (χ4n) is 2.70. The molecule has 108 valence electrons. The molecule has 3 nitrogen and oxygen atoms in total. The zero-order chi connectivity index (χ0) is 14.4. The zero-order valence-corrected chi connectivity index (χ0v) is 12.9. The first kappa shape index (κ1) is 14.1. The van der Waals surface area contributed by atoms with Gasteiger partial charge in [-0.05, 0) is 57.1 Å². The number of ether oxygens (including phenoxy) is 1. The van der Waals surface area contributed by atoms with Crippen molar-refractivity contribution >= 4 is 12.6 Å². The van der Waals surface area contributed by atoms with Crippen molar-refractivity contribution in [3.63, 3.8) is 0 Å². The highest BCUT2D eigenvalue weighted by atomic mass is 16.7. The van der Waals surface area contributed by atoms with Crippen LogP contribution in [0, 0.1) is 0 Å². The molecule has 1 saturated heterocycles. The molecule has 0 spiro atoms. The lowest BCUT2D eigenvalue weighted by Crippen LogP contribution is -2.41. The minimum Gasteiger partial charge on any atom is -0.399 e.